The summed E-state index contributed by atoms with van der Waals surface area (Å²) in [6, 6.07) is 12.7. The number of nitrogens with two attached hydrogens (primary N) is 1. The monoisotopic (exact) mass is 303 g/mol. The minimum Gasteiger partial charge on any atom is -0.497 e. The molecule has 5 nitrogen and oxygen atoms in total. The van der Waals surface area contributed by atoms with Gasteiger partial charge < -0.3 is 24.7 Å². The van der Waals surface area contributed by atoms with Gasteiger partial charge in [0.2, 0.25) is 0 Å². The van der Waals surface area contributed by atoms with E-state index >= 15 is 0 Å². The lowest BCUT2D eigenvalue weighted by Gasteiger charge is -2.16. The van der Waals surface area contributed by atoms with Crippen LogP contribution in [0.4, 0.5) is 0 Å². The molecule has 0 bridgehead atoms. The summed E-state index contributed by atoms with van der Waals surface area (Å²) in [4.78, 5) is 0. The van der Waals surface area contributed by atoms with Crippen LogP contribution in [0.25, 0.3) is 0 Å². The van der Waals surface area contributed by atoms with Gasteiger partial charge in [-0.3, -0.25) is 0 Å². The topological polar surface area (TPSA) is 62.9 Å². The fraction of sp³-hybridized carbons (Fsp3) is 0.294. The summed E-state index contributed by atoms with van der Waals surface area (Å²) >= 11 is 0. The van der Waals surface area contributed by atoms with Crippen molar-refractivity contribution in [1.29, 1.82) is 0 Å². The van der Waals surface area contributed by atoms with Crippen LogP contribution in [0, 0.1) is 0 Å². The molecule has 0 fully saturated rings. The van der Waals surface area contributed by atoms with Gasteiger partial charge in [-0.2, -0.15) is 0 Å². The van der Waals surface area contributed by atoms with Gasteiger partial charge in [-0.25, -0.2) is 0 Å². The molecule has 0 saturated carbocycles. The number of benzene rings is 2. The summed E-state index contributed by atoms with van der Waals surface area (Å²) in [5, 5.41) is 0. The third-order valence-electron chi connectivity index (χ3n) is 3.32. The first-order valence-corrected chi connectivity index (χ1v) is 6.92. The van der Waals surface area contributed by atoms with E-state index in [1.165, 1.54) is 0 Å². The van der Waals surface area contributed by atoms with Crippen LogP contribution in [-0.4, -0.2) is 27.9 Å². The number of hydrogen-bond acceptors (Lipinski definition) is 5. The van der Waals surface area contributed by atoms with E-state index in [-0.39, 0.29) is 6.04 Å². The van der Waals surface area contributed by atoms with Crippen molar-refractivity contribution in [2.75, 3.05) is 27.9 Å². The lowest BCUT2D eigenvalue weighted by Crippen LogP contribution is -2.19. The molecule has 0 saturated heterocycles. The van der Waals surface area contributed by atoms with Gasteiger partial charge in [0.25, 0.3) is 0 Å². The van der Waals surface area contributed by atoms with Crippen molar-refractivity contribution in [2.24, 2.45) is 5.73 Å². The van der Waals surface area contributed by atoms with Crippen LogP contribution in [0.3, 0.4) is 0 Å². The Bertz CT molecular complexity index is 598. The van der Waals surface area contributed by atoms with Crippen LogP contribution in [0.5, 0.6) is 23.0 Å². The quantitative estimate of drug-likeness (QED) is 0.852. The molecule has 5 heteroatoms. The second-order valence-electron chi connectivity index (χ2n) is 4.71. The molecule has 1 atom stereocenters. The minimum atomic E-state index is -0.262. The Hall–Kier alpha value is -2.40. The predicted octanol–water partition coefficient (Wildman–Crippen LogP) is 2.79. The molecule has 0 amide bonds. The molecule has 2 aromatic rings. The Morgan fingerprint density at radius 1 is 0.818 bits per heavy atom. The van der Waals surface area contributed by atoms with E-state index in [4.69, 9.17) is 24.7 Å². The molecule has 0 aliphatic rings. The van der Waals surface area contributed by atoms with Crippen molar-refractivity contribution in [3.8, 4) is 23.0 Å². The molecule has 0 aliphatic heterocycles. The highest BCUT2D eigenvalue weighted by Gasteiger charge is 2.11. The average molecular weight is 303 g/mol. The van der Waals surface area contributed by atoms with Gasteiger partial charge in [0.15, 0.2) is 11.5 Å². The maximum atomic E-state index is 6.17. The Morgan fingerprint density at radius 3 is 2.05 bits per heavy atom. The summed E-state index contributed by atoms with van der Waals surface area (Å²) in [6.45, 7) is 0.363. The standard InChI is InChI=1S/C17H21NO4/c1-19-13-5-7-14(8-6-13)22-11-15(18)12-4-9-16(20-2)17(10-12)21-3/h4-10,15H,11,18H2,1-3H3. The maximum absolute atomic E-state index is 6.17. The lowest BCUT2D eigenvalue weighted by molar-refractivity contribution is 0.289. The summed E-state index contributed by atoms with van der Waals surface area (Å²) in [6.07, 6.45) is 0. The van der Waals surface area contributed by atoms with Crippen LogP contribution in [0.1, 0.15) is 11.6 Å². The molecule has 2 aromatic carbocycles. The Morgan fingerprint density at radius 2 is 1.45 bits per heavy atom. The first-order chi connectivity index (χ1) is 10.7. The van der Waals surface area contributed by atoms with Crippen molar-refractivity contribution in [2.45, 2.75) is 6.04 Å². The Kier molecular flexibility index (Phi) is 5.49. The third-order valence-corrected chi connectivity index (χ3v) is 3.32. The van der Waals surface area contributed by atoms with E-state index in [0.717, 1.165) is 17.1 Å². The van der Waals surface area contributed by atoms with Gasteiger partial charge in [0, 0.05) is 0 Å². The molecule has 1 unspecified atom stereocenters. The largest absolute Gasteiger partial charge is 0.497 e. The summed E-state index contributed by atoms with van der Waals surface area (Å²) in [5.41, 5.74) is 7.09. The van der Waals surface area contributed by atoms with Gasteiger partial charge in [-0.15, -0.1) is 0 Å². The molecule has 0 heterocycles. The molecule has 2 rings (SSSR count). The molecule has 22 heavy (non-hydrogen) atoms. The highest BCUT2D eigenvalue weighted by atomic mass is 16.5. The molecule has 0 spiro atoms. The zero-order valence-corrected chi connectivity index (χ0v) is 13.0. The van der Waals surface area contributed by atoms with Crippen molar-refractivity contribution in [3.63, 3.8) is 0 Å². The van der Waals surface area contributed by atoms with E-state index in [1.54, 1.807) is 21.3 Å². The summed E-state index contributed by atoms with van der Waals surface area (Å²) < 4.78 is 21.3. The summed E-state index contributed by atoms with van der Waals surface area (Å²) in [7, 11) is 4.83. The van der Waals surface area contributed by atoms with E-state index in [2.05, 4.69) is 0 Å². The van der Waals surface area contributed by atoms with Crippen molar-refractivity contribution in [3.05, 3.63) is 48.0 Å². The van der Waals surface area contributed by atoms with E-state index < -0.39 is 0 Å². The molecule has 0 aromatic heterocycles. The number of hydrogen-bond donors (Lipinski definition) is 1. The molecule has 2 N–H and O–H groups in total. The number of rotatable bonds is 7. The predicted molar refractivity (Wildman–Crippen MR) is 85.0 cm³/mol. The Balaban J connectivity index is 2.00. The van der Waals surface area contributed by atoms with Crippen LogP contribution in [0.15, 0.2) is 42.5 Å². The second kappa shape index (κ2) is 7.56. The average Bonchev–Trinajstić information content (AvgIpc) is 2.59. The van der Waals surface area contributed by atoms with Crippen LogP contribution < -0.4 is 24.7 Å². The Labute approximate surface area is 130 Å². The first kappa shape index (κ1) is 16.0. The fourth-order valence-corrected chi connectivity index (χ4v) is 2.04. The SMILES string of the molecule is COc1ccc(OCC(N)c2ccc(OC)c(OC)c2)cc1. The fourth-order valence-electron chi connectivity index (χ4n) is 2.04. The van der Waals surface area contributed by atoms with Crippen LogP contribution in [0.2, 0.25) is 0 Å². The maximum Gasteiger partial charge on any atom is 0.161 e. The number of ether oxygens (including phenoxy) is 4. The molecule has 118 valence electrons. The zero-order valence-electron chi connectivity index (χ0n) is 13.0. The normalized spacial score (nSPS) is 11.6. The van der Waals surface area contributed by atoms with Crippen LogP contribution in [-0.2, 0) is 0 Å². The minimum absolute atomic E-state index is 0.262. The van der Waals surface area contributed by atoms with Gasteiger partial charge >= 0.3 is 0 Å². The van der Waals surface area contributed by atoms with Crippen LogP contribution >= 0.6 is 0 Å². The summed E-state index contributed by atoms with van der Waals surface area (Å²) in [5.74, 6) is 2.86. The first-order valence-electron chi connectivity index (χ1n) is 6.92. The van der Waals surface area contributed by atoms with E-state index in [9.17, 15) is 0 Å². The molecular weight excluding hydrogens is 282 g/mol. The zero-order chi connectivity index (χ0) is 15.9. The molecule has 0 aliphatic carbocycles. The van der Waals surface area contributed by atoms with E-state index in [1.807, 2.05) is 42.5 Å². The molecular formula is C17H21NO4. The van der Waals surface area contributed by atoms with Crippen molar-refractivity contribution in [1.82, 2.24) is 0 Å². The van der Waals surface area contributed by atoms with Crippen molar-refractivity contribution >= 4 is 0 Å². The lowest BCUT2D eigenvalue weighted by atomic mass is 10.1. The van der Waals surface area contributed by atoms with E-state index in [0.29, 0.717) is 18.1 Å². The van der Waals surface area contributed by atoms with Gasteiger partial charge in [0.1, 0.15) is 18.1 Å². The third kappa shape index (κ3) is 3.83. The highest BCUT2D eigenvalue weighted by Crippen LogP contribution is 2.29. The van der Waals surface area contributed by atoms with Gasteiger partial charge in [-0.05, 0) is 42.0 Å². The molecule has 0 radical (unpaired) electrons. The number of methoxy groups -OCH3 is 3. The highest BCUT2D eigenvalue weighted by molar-refractivity contribution is 5.43. The van der Waals surface area contributed by atoms with Gasteiger partial charge in [0.05, 0.1) is 27.4 Å². The smallest absolute Gasteiger partial charge is 0.161 e. The van der Waals surface area contributed by atoms with Crippen molar-refractivity contribution < 1.29 is 18.9 Å². The van der Waals surface area contributed by atoms with Gasteiger partial charge in [-0.1, -0.05) is 6.07 Å². The second-order valence-corrected chi connectivity index (χ2v) is 4.71.